The fourth-order valence-electron chi connectivity index (χ4n) is 1.35. The van der Waals surface area contributed by atoms with E-state index in [-0.39, 0.29) is 12.2 Å². The van der Waals surface area contributed by atoms with Crippen molar-refractivity contribution in [3.63, 3.8) is 0 Å². The molecule has 90 valence electrons. The Hall–Kier alpha value is -0.810. The second-order valence-corrected chi connectivity index (χ2v) is 4.57. The molecule has 0 spiro atoms. The molecule has 1 rings (SSSR count). The van der Waals surface area contributed by atoms with Crippen molar-refractivity contribution in [2.75, 3.05) is 26.2 Å². The predicted molar refractivity (Wildman–Crippen MR) is 60.3 cm³/mol. The molecule has 4 N–H and O–H groups in total. The number of nitrogens with zero attached hydrogens (tertiary/aromatic N) is 1. The molecule has 0 unspecified atom stereocenters. The molecule has 1 fully saturated rings. The van der Waals surface area contributed by atoms with E-state index in [9.17, 15) is 4.79 Å². The van der Waals surface area contributed by atoms with Crippen LogP contribution in [0.15, 0.2) is 0 Å². The molecule has 1 aliphatic rings. The van der Waals surface area contributed by atoms with Crippen LogP contribution in [0.4, 0.5) is 4.79 Å². The summed E-state index contributed by atoms with van der Waals surface area (Å²) in [5.41, 5.74) is -0.392. The minimum Gasteiger partial charge on any atom is -0.444 e. The summed E-state index contributed by atoms with van der Waals surface area (Å²) < 4.78 is 5.29. The zero-order chi connectivity index (χ0) is 10.6. The van der Waals surface area contributed by atoms with Crippen molar-refractivity contribution in [3.8, 4) is 0 Å². The Morgan fingerprint density at radius 3 is 2.53 bits per heavy atom. The number of carbonyl (C=O) groups excluding carboxylic acids is 1. The molecular formula is C10H23N3O2. The standard InChI is InChI=1S/C10H20N2O2.H3N/c1-10(2,3)14-9(13)12-7-4-5-11-6-8-12;/h11H,4-8H2,1-3H3;1H3. The van der Waals surface area contributed by atoms with Gasteiger partial charge in [0.25, 0.3) is 0 Å². The van der Waals surface area contributed by atoms with Gasteiger partial charge in [-0.3, -0.25) is 0 Å². The number of ether oxygens (including phenoxy) is 1. The smallest absolute Gasteiger partial charge is 0.410 e. The third-order valence-corrected chi connectivity index (χ3v) is 1.99. The molecule has 5 heteroatoms. The quantitative estimate of drug-likeness (QED) is 0.642. The van der Waals surface area contributed by atoms with Gasteiger partial charge in [0.15, 0.2) is 0 Å². The van der Waals surface area contributed by atoms with Gasteiger partial charge in [0.1, 0.15) is 5.60 Å². The first-order valence-electron chi connectivity index (χ1n) is 5.18. The van der Waals surface area contributed by atoms with Crippen LogP contribution in [0.3, 0.4) is 0 Å². The molecule has 1 amide bonds. The van der Waals surface area contributed by atoms with E-state index < -0.39 is 5.60 Å². The summed E-state index contributed by atoms with van der Waals surface area (Å²) in [5.74, 6) is 0. The van der Waals surface area contributed by atoms with Gasteiger partial charge >= 0.3 is 6.09 Å². The monoisotopic (exact) mass is 217 g/mol. The number of nitrogens with one attached hydrogen (secondary N) is 1. The molecule has 0 aromatic heterocycles. The lowest BCUT2D eigenvalue weighted by atomic mass is 10.2. The molecular weight excluding hydrogens is 194 g/mol. The second kappa shape index (κ2) is 5.92. The van der Waals surface area contributed by atoms with E-state index in [1.165, 1.54) is 0 Å². The Bertz CT molecular complexity index is 193. The number of hydrogen-bond acceptors (Lipinski definition) is 4. The summed E-state index contributed by atoms with van der Waals surface area (Å²) in [5, 5.41) is 3.25. The molecule has 0 aromatic rings. The largest absolute Gasteiger partial charge is 0.444 e. The van der Waals surface area contributed by atoms with Crippen molar-refractivity contribution in [2.45, 2.75) is 32.8 Å². The second-order valence-electron chi connectivity index (χ2n) is 4.57. The normalized spacial score (nSPS) is 17.7. The van der Waals surface area contributed by atoms with Crippen molar-refractivity contribution in [1.82, 2.24) is 16.4 Å². The maximum atomic E-state index is 11.6. The fourth-order valence-corrected chi connectivity index (χ4v) is 1.35. The predicted octanol–water partition coefficient (Wildman–Crippen LogP) is 1.38. The van der Waals surface area contributed by atoms with E-state index in [1.54, 1.807) is 4.90 Å². The van der Waals surface area contributed by atoms with Gasteiger partial charge in [-0.2, -0.15) is 0 Å². The van der Waals surface area contributed by atoms with Gasteiger partial charge in [-0.1, -0.05) is 0 Å². The number of amides is 1. The van der Waals surface area contributed by atoms with Crippen LogP contribution in [-0.2, 0) is 4.74 Å². The van der Waals surface area contributed by atoms with Crippen LogP contribution in [0.1, 0.15) is 27.2 Å². The van der Waals surface area contributed by atoms with Gasteiger partial charge in [0, 0.05) is 19.6 Å². The summed E-state index contributed by atoms with van der Waals surface area (Å²) in [7, 11) is 0. The highest BCUT2D eigenvalue weighted by molar-refractivity contribution is 5.68. The van der Waals surface area contributed by atoms with Gasteiger partial charge in [-0.05, 0) is 33.7 Å². The van der Waals surface area contributed by atoms with Crippen LogP contribution in [0.5, 0.6) is 0 Å². The molecule has 1 heterocycles. The van der Waals surface area contributed by atoms with Gasteiger partial charge in [0.2, 0.25) is 0 Å². The van der Waals surface area contributed by atoms with E-state index in [1.807, 2.05) is 20.8 Å². The molecule has 15 heavy (non-hydrogen) atoms. The summed E-state index contributed by atoms with van der Waals surface area (Å²) in [6.45, 7) is 9.05. The van der Waals surface area contributed by atoms with Crippen molar-refractivity contribution in [1.29, 1.82) is 0 Å². The van der Waals surface area contributed by atoms with Crippen LogP contribution in [0.2, 0.25) is 0 Å². The van der Waals surface area contributed by atoms with Crippen molar-refractivity contribution < 1.29 is 9.53 Å². The lowest BCUT2D eigenvalue weighted by molar-refractivity contribution is 0.0262. The first-order valence-corrected chi connectivity index (χ1v) is 5.18. The topological polar surface area (TPSA) is 76.6 Å². The summed E-state index contributed by atoms with van der Waals surface area (Å²) >= 11 is 0. The minimum absolute atomic E-state index is 0. The highest BCUT2D eigenvalue weighted by atomic mass is 16.6. The molecule has 1 aliphatic heterocycles. The Kier molecular flexibility index (Phi) is 5.60. The lowest BCUT2D eigenvalue weighted by Gasteiger charge is -2.26. The molecule has 0 aromatic carbocycles. The third kappa shape index (κ3) is 5.59. The first kappa shape index (κ1) is 14.2. The van der Waals surface area contributed by atoms with E-state index in [2.05, 4.69) is 5.32 Å². The van der Waals surface area contributed by atoms with Gasteiger partial charge in [-0.15, -0.1) is 0 Å². The SMILES string of the molecule is CC(C)(C)OC(=O)N1CCCNCC1.N. The summed E-state index contributed by atoms with van der Waals surface area (Å²) in [4.78, 5) is 13.4. The van der Waals surface area contributed by atoms with Crippen LogP contribution in [-0.4, -0.2) is 42.8 Å². The number of carbonyl (C=O) groups is 1. The van der Waals surface area contributed by atoms with E-state index in [0.717, 1.165) is 32.6 Å². The van der Waals surface area contributed by atoms with Crippen LogP contribution >= 0.6 is 0 Å². The summed E-state index contributed by atoms with van der Waals surface area (Å²) in [6.07, 6.45) is 0.806. The maximum Gasteiger partial charge on any atom is 0.410 e. The Morgan fingerprint density at radius 2 is 1.93 bits per heavy atom. The van der Waals surface area contributed by atoms with Gasteiger partial charge in [-0.25, -0.2) is 4.79 Å². The zero-order valence-corrected chi connectivity index (χ0v) is 10.0. The van der Waals surface area contributed by atoms with Crippen molar-refractivity contribution in [2.24, 2.45) is 0 Å². The molecule has 1 saturated heterocycles. The number of rotatable bonds is 0. The Labute approximate surface area is 91.7 Å². The molecule has 0 saturated carbocycles. The van der Waals surface area contributed by atoms with Gasteiger partial charge < -0.3 is 21.1 Å². The molecule has 0 atom stereocenters. The van der Waals surface area contributed by atoms with Crippen LogP contribution in [0, 0.1) is 0 Å². The van der Waals surface area contributed by atoms with Crippen molar-refractivity contribution >= 4 is 6.09 Å². The molecule has 0 aliphatic carbocycles. The molecule has 0 bridgehead atoms. The zero-order valence-electron chi connectivity index (χ0n) is 10.0. The van der Waals surface area contributed by atoms with Crippen molar-refractivity contribution in [3.05, 3.63) is 0 Å². The third-order valence-electron chi connectivity index (χ3n) is 1.99. The van der Waals surface area contributed by atoms with Gasteiger partial charge in [0.05, 0.1) is 0 Å². The highest BCUT2D eigenvalue weighted by Gasteiger charge is 2.22. The minimum atomic E-state index is -0.392. The highest BCUT2D eigenvalue weighted by Crippen LogP contribution is 2.10. The average molecular weight is 217 g/mol. The summed E-state index contributed by atoms with van der Waals surface area (Å²) in [6, 6.07) is 0. The molecule has 5 nitrogen and oxygen atoms in total. The van der Waals surface area contributed by atoms with Crippen LogP contribution in [0.25, 0.3) is 0 Å². The first-order chi connectivity index (χ1) is 6.49. The Morgan fingerprint density at radius 1 is 1.27 bits per heavy atom. The lowest BCUT2D eigenvalue weighted by Crippen LogP contribution is -2.38. The molecule has 0 radical (unpaired) electrons. The average Bonchev–Trinajstić information content (AvgIpc) is 2.27. The maximum absolute atomic E-state index is 11.6. The van der Waals surface area contributed by atoms with E-state index in [0.29, 0.717) is 0 Å². The Balaban J connectivity index is 0.00000196. The fraction of sp³-hybridized carbons (Fsp3) is 0.900. The van der Waals surface area contributed by atoms with Crippen LogP contribution < -0.4 is 11.5 Å². The number of hydrogen-bond donors (Lipinski definition) is 2. The van der Waals surface area contributed by atoms with E-state index in [4.69, 9.17) is 4.74 Å². The van der Waals surface area contributed by atoms with E-state index >= 15 is 0 Å².